The highest BCUT2D eigenvalue weighted by molar-refractivity contribution is 5.70. The topological polar surface area (TPSA) is 153 Å². The van der Waals surface area contributed by atoms with Gasteiger partial charge >= 0.3 is 12.1 Å². The second-order valence-corrected chi connectivity index (χ2v) is 14.8. The van der Waals surface area contributed by atoms with Gasteiger partial charge in [-0.1, -0.05) is 45.1 Å². The Morgan fingerprint density at radius 1 is 1.21 bits per heavy atom. The summed E-state index contributed by atoms with van der Waals surface area (Å²) in [4.78, 5) is 30.1. The fraction of sp³-hybridized carbons (Fsp3) is 0.778. The summed E-state index contributed by atoms with van der Waals surface area (Å²) < 4.78 is 17.5. The Morgan fingerprint density at radius 2 is 1.89 bits per heavy atom. The van der Waals surface area contributed by atoms with E-state index in [1.165, 1.54) is 12.8 Å². The van der Waals surface area contributed by atoms with Crippen molar-refractivity contribution in [3.63, 3.8) is 0 Å². The summed E-state index contributed by atoms with van der Waals surface area (Å²) in [7, 11) is 0. The molecule has 11 nitrogen and oxygen atoms in total. The van der Waals surface area contributed by atoms with Crippen LogP contribution in [0.5, 0.6) is 0 Å². The van der Waals surface area contributed by atoms with Crippen molar-refractivity contribution < 1.29 is 44.2 Å². The number of allylic oxidation sites excluding steroid dienone is 2. The van der Waals surface area contributed by atoms with Crippen LogP contribution in [0.4, 0.5) is 4.79 Å². The van der Waals surface area contributed by atoms with Crippen LogP contribution in [0.3, 0.4) is 0 Å². The molecule has 3 aliphatic heterocycles. The highest BCUT2D eigenvalue weighted by Crippen LogP contribution is 2.37. The lowest BCUT2D eigenvalue weighted by molar-refractivity contribution is -0.151. The van der Waals surface area contributed by atoms with E-state index in [0.717, 1.165) is 13.1 Å². The second kappa shape index (κ2) is 16.0. The standard InChI is InChI=1S/C36H58N2O9/c1-7-28(40)25(4)33-29(45-33)22-35(5,43)15-8-9-23(2)32-24(3)10-13-30(36(6,44)16-14-27(39)21-31(41)47-32)46-34(42)38-19-17-37(18-20-38)26-11-12-26/h8-10,13,15,24-30,32-33,39-40,43-44H,7,11-12,14,16-22H2,1-6H3. The molecular weight excluding hydrogens is 604 g/mol. The first kappa shape index (κ1) is 37.5. The van der Waals surface area contributed by atoms with Crippen LogP contribution in [0, 0.1) is 11.8 Å². The molecule has 266 valence electrons. The van der Waals surface area contributed by atoms with Crippen molar-refractivity contribution in [3.05, 3.63) is 36.0 Å². The SMILES string of the molecule is CCC(O)C(C)C1OC1CC(C)(O)C=CC=C(C)C1OC(=O)CC(O)CCC(C)(O)C(OC(=O)N2CCN(C3CC3)CC2)C=CC1C. The first-order valence-corrected chi connectivity index (χ1v) is 17.5. The number of hydrogen-bond donors (Lipinski definition) is 4. The third-order valence-electron chi connectivity index (χ3n) is 10.2. The average molecular weight is 663 g/mol. The van der Waals surface area contributed by atoms with Crippen molar-refractivity contribution in [2.24, 2.45) is 11.8 Å². The van der Waals surface area contributed by atoms with Gasteiger partial charge in [-0.2, -0.15) is 0 Å². The predicted octanol–water partition coefficient (Wildman–Crippen LogP) is 3.49. The van der Waals surface area contributed by atoms with Crippen molar-refractivity contribution in [1.82, 2.24) is 9.80 Å². The number of amides is 1. The molecule has 4 N–H and O–H groups in total. The fourth-order valence-corrected chi connectivity index (χ4v) is 6.69. The molecule has 11 heteroatoms. The maximum Gasteiger partial charge on any atom is 0.410 e. The van der Waals surface area contributed by atoms with E-state index in [2.05, 4.69) is 4.90 Å². The van der Waals surface area contributed by atoms with E-state index in [1.54, 1.807) is 49.1 Å². The van der Waals surface area contributed by atoms with E-state index in [1.807, 2.05) is 27.7 Å². The molecule has 2 saturated heterocycles. The Balaban J connectivity index is 1.44. The molecule has 1 amide bonds. The van der Waals surface area contributed by atoms with Gasteiger partial charge in [0.25, 0.3) is 0 Å². The first-order valence-electron chi connectivity index (χ1n) is 17.5. The number of rotatable bonds is 10. The summed E-state index contributed by atoms with van der Waals surface area (Å²) in [5.41, 5.74) is -1.92. The minimum absolute atomic E-state index is 0.00902. The summed E-state index contributed by atoms with van der Waals surface area (Å²) in [6.45, 7) is 13.6. The van der Waals surface area contributed by atoms with E-state index >= 15 is 0 Å². The number of piperazine rings is 1. The summed E-state index contributed by atoms with van der Waals surface area (Å²) >= 11 is 0. The Labute approximate surface area is 280 Å². The highest BCUT2D eigenvalue weighted by atomic mass is 16.6. The van der Waals surface area contributed by atoms with E-state index in [9.17, 15) is 30.0 Å². The van der Waals surface area contributed by atoms with Crippen LogP contribution in [-0.2, 0) is 19.0 Å². The van der Waals surface area contributed by atoms with Gasteiger partial charge in [0.1, 0.15) is 11.7 Å². The van der Waals surface area contributed by atoms with Gasteiger partial charge in [-0.15, -0.1) is 0 Å². The minimum atomic E-state index is -1.48. The van der Waals surface area contributed by atoms with Gasteiger partial charge in [0.15, 0.2) is 6.10 Å². The molecule has 0 aromatic rings. The molecule has 3 fully saturated rings. The van der Waals surface area contributed by atoms with Crippen LogP contribution in [0.1, 0.15) is 86.5 Å². The van der Waals surface area contributed by atoms with Crippen LogP contribution in [-0.4, -0.2) is 122 Å². The molecule has 1 saturated carbocycles. The Morgan fingerprint density at radius 3 is 2.53 bits per heavy atom. The molecule has 0 bridgehead atoms. The molecule has 0 aromatic heterocycles. The van der Waals surface area contributed by atoms with Crippen LogP contribution in [0.25, 0.3) is 0 Å². The van der Waals surface area contributed by atoms with E-state index in [0.29, 0.717) is 37.5 Å². The second-order valence-electron chi connectivity index (χ2n) is 14.8. The normalized spacial score (nSPS) is 35.7. The molecule has 1 aliphatic carbocycles. The lowest BCUT2D eigenvalue weighted by Gasteiger charge is -2.37. The van der Waals surface area contributed by atoms with Crippen molar-refractivity contribution in [1.29, 1.82) is 0 Å². The number of nitrogens with zero attached hydrogens (tertiary/aromatic N) is 2. The van der Waals surface area contributed by atoms with E-state index in [-0.39, 0.29) is 43.3 Å². The molecule has 10 atom stereocenters. The number of ether oxygens (including phenoxy) is 3. The molecule has 0 aromatic carbocycles. The molecule has 10 unspecified atom stereocenters. The Hall–Kier alpha value is -2.28. The summed E-state index contributed by atoms with van der Waals surface area (Å²) in [6.07, 6.45) is 8.26. The third kappa shape index (κ3) is 10.9. The number of aliphatic hydroxyl groups excluding tert-OH is 2. The molecule has 0 radical (unpaired) electrons. The molecule has 4 rings (SSSR count). The van der Waals surface area contributed by atoms with Crippen LogP contribution in [0.2, 0.25) is 0 Å². The van der Waals surface area contributed by atoms with Gasteiger partial charge in [0, 0.05) is 50.5 Å². The van der Waals surface area contributed by atoms with Crippen LogP contribution < -0.4 is 0 Å². The van der Waals surface area contributed by atoms with E-state index in [4.69, 9.17) is 14.2 Å². The maximum atomic E-state index is 13.2. The van der Waals surface area contributed by atoms with Crippen molar-refractivity contribution >= 4 is 12.1 Å². The van der Waals surface area contributed by atoms with E-state index < -0.39 is 47.7 Å². The average Bonchev–Trinajstić information content (AvgIpc) is 3.95. The molecule has 4 aliphatic rings. The zero-order valence-corrected chi connectivity index (χ0v) is 29.1. The Bertz CT molecular complexity index is 1160. The van der Waals surface area contributed by atoms with Crippen molar-refractivity contribution in [2.75, 3.05) is 26.2 Å². The molecular formula is C36H58N2O9. The zero-order valence-electron chi connectivity index (χ0n) is 29.1. The number of cyclic esters (lactones) is 1. The summed E-state index contributed by atoms with van der Waals surface area (Å²) in [5, 5.41) is 43.2. The quantitative estimate of drug-likeness (QED) is 0.118. The predicted molar refractivity (Wildman–Crippen MR) is 177 cm³/mol. The van der Waals surface area contributed by atoms with Crippen LogP contribution >= 0.6 is 0 Å². The zero-order chi connectivity index (χ0) is 34.5. The monoisotopic (exact) mass is 662 g/mol. The van der Waals surface area contributed by atoms with Gasteiger partial charge in [0.05, 0.1) is 36.4 Å². The van der Waals surface area contributed by atoms with Gasteiger partial charge in [-0.05, 0) is 64.5 Å². The number of hydrogen-bond acceptors (Lipinski definition) is 10. The lowest BCUT2D eigenvalue weighted by Crippen LogP contribution is -2.51. The number of esters is 1. The summed E-state index contributed by atoms with van der Waals surface area (Å²) in [5.74, 6) is -0.933. The number of epoxide rings is 1. The highest BCUT2D eigenvalue weighted by Gasteiger charge is 2.47. The van der Waals surface area contributed by atoms with Crippen LogP contribution in [0.15, 0.2) is 36.0 Å². The van der Waals surface area contributed by atoms with Gasteiger partial charge in [-0.25, -0.2) is 4.79 Å². The number of carbonyl (C=O) groups excluding carboxylic acids is 2. The Kier molecular flexibility index (Phi) is 12.7. The molecule has 0 spiro atoms. The lowest BCUT2D eigenvalue weighted by atomic mass is 9.88. The van der Waals surface area contributed by atoms with Gasteiger partial charge in [-0.3, -0.25) is 9.69 Å². The minimum Gasteiger partial charge on any atom is -0.457 e. The largest absolute Gasteiger partial charge is 0.457 e. The summed E-state index contributed by atoms with van der Waals surface area (Å²) in [6, 6.07) is 0.638. The first-order chi connectivity index (χ1) is 22.1. The molecule has 47 heavy (non-hydrogen) atoms. The van der Waals surface area contributed by atoms with Gasteiger partial charge < -0.3 is 39.5 Å². The number of aliphatic hydroxyl groups is 4. The third-order valence-corrected chi connectivity index (χ3v) is 10.2. The maximum absolute atomic E-state index is 13.2. The fourth-order valence-electron chi connectivity index (χ4n) is 6.69. The number of carbonyl (C=O) groups is 2. The smallest absolute Gasteiger partial charge is 0.410 e. The van der Waals surface area contributed by atoms with Crippen molar-refractivity contribution in [2.45, 2.75) is 140 Å². The van der Waals surface area contributed by atoms with Crippen molar-refractivity contribution in [3.8, 4) is 0 Å². The molecule has 3 heterocycles. The van der Waals surface area contributed by atoms with Gasteiger partial charge in [0.2, 0.25) is 0 Å².